The normalized spacial score (nSPS) is 10.6. The summed E-state index contributed by atoms with van der Waals surface area (Å²) in [6.07, 6.45) is 4.83. The van der Waals surface area contributed by atoms with E-state index in [1.807, 2.05) is 12.3 Å². The summed E-state index contributed by atoms with van der Waals surface area (Å²) >= 11 is 0. The second kappa shape index (κ2) is 12.9. The van der Waals surface area contributed by atoms with Crippen LogP contribution in [0.4, 0.5) is 10.1 Å². The van der Waals surface area contributed by atoms with E-state index in [2.05, 4.69) is 64.1 Å². The van der Waals surface area contributed by atoms with Crippen LogP contribution in [-0.4, -0.2) is 25.2 Å². The summed E-state index contributed by atoms with van der Waals surface area (Å²) in [6.45, 7) is 2.23. The Morgan fingerprint density at radius 2 is 1.71 bits per heavy atom. The van der Waals surface area contributed by atoms with Gasteiger partial charge in [0, 0.05) is 35.9 Å². The Hall–Kier alpha value is -3.15. The molecule has 1 aromatic heterocycles. The van der Waals surface area contributed by atoms with Crippen LogP contribution >= 0.6 is 12.4 Å². The van der Waals surface area contributed by atoms with Crippen LogP contribution in [0.5, 0.6) is 5.75 Å². The maximum absolute atomic E-state index is 13.5. The molecule has 0 fully saturated rings. The van der Waals surface area contributed by atoms with E-state index in [0.717, 1.165) is 54.5 Å². The minimum atomic E-state index is -0.248. The van der Waals surface area contributed by atoms with E-state index in [4.69, 9.17) is 4.74 Å². The van der Waals surface area contributed by atoms with E-state index in [0.29, 0.717) is 12.3 Å². The number of ether oxygens (including phenoxy) is 1. The summed E-state index contributed by atoms with van der Waals surface area (Å²) in [5.41, 5.74) is 5.59. The number of rotatable bonds is 11. The third-order valence-corrected chi connectivity index (χ3v) is 5.76. The van der Waals surface area contributed by atoms with Crippen LogP contribution in [0.1, 0.15) is 23.1 Å². The van der Waals surface area contributed by atoms with Crippen molar-refractivity contribution in [3.8, 4) is 5.75 Å². The molecule has 6 heteroatoms. The molecule has 2 N–H and O–H groups in total. The molecule has 0 aliphatic heterocycles. The molecule has 178 valence electrons. The van der Waals surface area contributed by atoms with Gasteiger partial charge in [-0.15, -0.1) is 12.4 Å². The van der Waals surface area contributed by atoms with Gasteiger partial charge < -0.3 is 15.4 Å². The molecular formula is C28H31ClFN3O. The average Bonchev–Trinajstić information content (AvgIpc) is 2.85. The van der Waals surface area contributed by atoms with Gasteiger partial charge in [-0.2, -0.15) is 0 Å². The van der Waals surface area contributed by atoms with Gasteiger partial charge >= 0.3 is 0 Å². The van der Waals surface area contributed by atoms with Crippen LogP contribution in [0.3, 0.4) is 0 Å². The summed E-state index contributed by atoms with van der Waals surface area (Å²) in [4.78, 5) is 4.58. The third kappa shape index (κ3) is 6.92. The Morgan fingerprint density at radius 3 is 2.53 bits per heavy atom. The van der Waals surface area contributed by atoms with Crippen molar-refractivity contribution in [1.82, 2.24) is 10.3 Å². The number of hydrogen-bond donors (Lipinski definition) is 2. The van der Waals surface area contributed by atoms with E-state index in [1.54, 1.807) is 13.2 Å². The first-order valence-corrected chi connectivity index (χ1v) is 11.4. The second-order valence-corrected chi connectivity index (χ2v) is 8.11. The number of benzene rings is 3. The highest BCUT2D eigenvalue weighted by Crippen LogP contribution is 2.23. The van der Waals surface area contributed by atoms with Gasteiger partial charge in [0.05, 0.1) is 12.6 Å². The first kappa shape index (κ1) is 25.5. The Labute approximate surface area is 207 Å². The molecule has 0 atom stereocenters. The number of aromatic nitrogens is 1. The highest BCUT2D eigenvalue weighted by Gasteiger charge is 2.05. The topological polar surface area (TPSA) is 46.2 Å². The van der Waals surface area contributed by atoms with Crippen molar-refractivity contribution >= 4 is 29.0 Å². The number of anilines is 1. The maximum atomic E-state index is 13.5. The molecule has 0 amide bonds. The molecule has 4 rings (SSSR count). The minimum absolute atomic E-state index is 0. The Balaban J connectivity index is 0.00000324. The Morgan fingerprint density at radius 1 is 0.882 bits per heavy atom. The van der Waals surface area contributed by atoms with Crippen molar-refractivity contribution in [1.29, 1.82) is 0 Å². The lowest BCUT2D eigenvalue weighted by Gasteiger charge is -2.12. The van der Waals surface area contributed by atoms with Crippen LogP contribution in [0.25, 0.3) is 10.9 Å². The lowest BCUT2D eigenvalue weighted by molar-refractivity contribution is 0.406. The van der Waals surface area contributed by atoms with Gasteiger partial charge in [0.15, 0.2) is 0 Å². The number of hydrogen-bond acceptors (Lipinski definition) is 4. The molecular weight excluding hydrogens is 449 g/mol. The largest absolute Gasteiger partial charge is 0.496 e. The van der Waals surface area contributed by atoms with Gasteiger partial charge in [-0.25, -0.2) is 4.39 Å². The highest BCUT2D eigenvalue weighted by molar-refractivity contribution is 5.91. The van der Waals surface area contributed by atoms with E-state index < -0.39 is 0 Å². The second-order valence-electron chi connectivity index (χ2n) is 8.11. The number of aryl methyl sites for hydroxylation is 2. The van der Waals surface area contributed by atoms with E-state index in [1.165, 1.54) is 23.3 Å². The molecule has 0 saturated heterocycles. The first-order valence-electron chi connectivity index (χ1n) is 11.4. The predicted molar refractivity (Wildman–Crippen MR) is 141 cm³/mol. The van der Waals surface area contributed by atoms with Crippen LogP contribution in [0.2, 0.25) is 0 Å². The molecule has 34 heavy (non-hydrogen) atoms. The molecule has 1 heterocycles. The summed E-state index contributed by atoms with van der Waals surface area (Å²) in [5, 5.41) is 8.03. The lowest BCUT2D eigenvalue weighted by Crippen LogP contribution is -2.18. The van der Waals surface area contributed by atoms with Gasteiger partial charge in [0.25, 0.3) is 0 Å². The highest BCUT2D eigenvalue weighted by atomic mass is 35.5. The zero-order valence-corrected chi connectivity index (χ0v) is 20.2. The monoisotopic (exact) mass is 479 g/mol. The fourth-order valence-corrected chi connectivity index (χ4v) is 3.98. The summed E-state index contributed by atoms with van der Waals surface area (Å²) in [7, 11) is 1.60. The fraction of sp³-hybridized carbons (Fsp3) is 0.250. The number of fused-ring (bicyclic) bond motifs is 1. The number of methoxy groups -OCH3 is 1. The number of halogens is 2. The summed E-state index contributed by atoms with van der Waals surface area (Å²) in [6, 6.07) is 23.7. The molecule has 0 aliphatic rings. The molecule has 0 saturated carbocycles. The van der Waals surface area contributed by atoms with Crippen molar-refractivity contribution < 1.29 is 9.13 Å². The molecule has 0 bridgehead atoms. The molecule has 0 radical (unpaired) electrons. The molecule has 0 aliphatic carbocycles. The van der Waals surface area contributed by atoms with Gasteiger partial charge in [-0.1, -0.05) is 42.5 Å². The number of nitrogens with zero attached hydrogens (tertiary/aromatic N) is 1. The smallest absolute Gasteiger partial charge is 0.123 e. The van der Waals surface area contributed by atoms with Crippen molar-refractivity contribution in [3.63, 3.8) is 0 Å². The lowest BCUT2D eigenvalue weighted by atomic mass is 10.0. The fourth-order valence-electron chi connectivity index (χ4n) is 3.98. The molecule has 4 nitrogen and oxygen atoms in total. The molecule has 0 spiro atoms. The van der Waals surface area contributed by atoms with Crippen molar-refractivity contribution in [2.75, 3.05) is 25.5 Å². The average molecular weight is 480 g/mol. The van der Waals surface area contributed by atoms with Crippen LogP contribution in [-0.2, 0) is 19.4 Å². The van der Waals surface area contributed by atoms with Crippen molar-refractivity contribution in [2.45, 2.75) is 25.8 Å². The minimum Gasteiger partial charge on any atom is -0.496 e. The quantitative estimate of drug-likeness (QED) is 0.252. The third-order valence-electron chi connectivity index (χ3n) is 5.76. The summed E-state index contributed by atoms with van der Waals surface area (Å²) < 4.78 is 18.8. The van der Waals surface area contributed by atoms with Crippen LogP contribution in [0, 0.1) is 5.82 Å². The Bertz CT molecular complexity index is 1190. The van der Waals surface area contributed by atoms with E-state index >= 15 is 0 Å². The van der Waals surface area contributed by atoms with E-state index in [-0.39, 0.29) is 18.2 Å². The first-order chi connectivity index (χ1) is 16.2. The predicted octanol–water partition coefficient (Wildman–Crippen LogP) is 6.18. The zero-order valence-electron chi connectivity index (χ0n) is 19.4. The molecule has 0 unspecified atom stereocenters. The van der Waals surface area contributed by atoms with Gasteiger partial charge in [-0.05, 0) is 67.3 Å². The van der Waals surface area contributed by atoms with Crippen LogP contribution < -0.4 is 15.4 Å². The SMILES string of the molecule is COc1ccc(F)cc1CNCCCNc1ccnc2cc(CCc3ccccc3)ccc12.Cl. The van der Waals surface area contributed by atoms with Crippen LogP contribution in [0.15, 0.2) is 79.0 Å². The van der Waals surface area contributed by atoms with Crippen molar-refractivity contribution in [2.24, 2.45) is 0 Å². The Kier molecular flexibility index (Phi) is 9.68. The molecule has 4 aromatic rings. The zero-order chi connectivity index (χ0) is 22.9. The maximum Gasteiger partial charge on any atom is 0.123 e. The number of pyridine rings is 1. The molecule has 3 aromatic carbocycles. The summed E-state index contributed by atoms with van der Waals surface area (Å²) in [5.74, 6) is 0.454. The van der Waals surface area contributed by atoms with Gasteiger partial charge in [0.1, 0.15) is 11.6 Å². The van der Waals surface area contributed by atoms with E-state index in [9.17, 15) is 4.39 Å². The van der Waals surface area contributed by atoms with Crippen molar-refractivity contribution in [3.05, 3.63) is 102 Å². The number of nitrogens with one attached hydrogen (secondary N) is 2. The standard InChI is InChI=1S/C28H30FN3O.ClH/c1-33-28-13-11-24(29)19-23(28)20-30-15-5-16-31-26-14-17-32-27-18-22(10-12-25(26)27)9-8-21-6-3-2-4-7-21;/h2-4,6-7,10-14,17-19,30H,5,8-9,15-16,20H2,1H3,(H,31,32);1H. The van der Waals surface area contributed by atoms with Gasteiger partial charge in [-0.3, -0.25) is 4.98 Å². The van der Waals surface area contributed by atoms with Gasteiger partial charge in [0.2, 0.25) is 0 Å².